The highest BCUT2D eigenvalue weighted by atomic mass is 16.5. The first kappa shape index (κ1) is 17.0. The van der Waals surface area contributed by atoms with E-state index in [0.717, 1.165) is 25.9 Å². The molecule has 1 aliphatic rings. The second kappa shape index (κ2) is 8.30. The topological polar surface area (TPSA) is 55.6 Å². The van der Waals surface area contributed by atoms with Crippen molar-refractivity contribution in [1.29, 1.82) is 0 Å². The third-order valence-corrected chi connectivity index (χ3v) is 4.84. The highest BCUT2D eigenvalue weighted by molar-refractivity contribution is 5.76. The lowest BCUT2D eigenvalue weighted by molar-refractivity contribution is -0.135. The zero-order valence-corrected chi connectivity index (χ0v) is 13.7. The molecule has 4 nitrogen and oxygen atoms in total. The smallest absolute Gasteiger partial charge is 0.225 e. The Morgan fingerprint density at radius 3 is 2.73 bits per heavy atom. The van der Waals surface area contributed by atoms with Crippen molar-refractivity contribution < 1.29 is 9.53 Å². The van der Waals surface area contributed by atoms with E-state index in [0.29, 0.717) is 24.8 Å². The van der Waals surface area contributed by atoms with Crippen molar-refractivity contribution in [3.05, 3.63) is 35.9 Å². The molecule has 4 heteroatoms. The summed E-state index contributed by atoms with van der Waals surface area (Å²) in [5, 5.41) is 0. The number of rotatable bonds is 6. The van der Waals surface area contributed by atoms with Crippen molar-refractivity contribution in [2.75, 3.05) is 26.7 Å². The molecule has 1 aromatic rings. The van der Waals surface area contributed by atoms with Crippen LogP contribution in [0.2, 0.25) is 0 Å². The monoisotopic (exact) mass is 304 g/mol. The van der Waals surface area contributed by atoms with Crippen molar-refractivity contribution in [3.8, 4) is 0 Å². The number of nitrogens with zero attached hydrogens (tertiary/aromatic N) is 1. The zero-order valence-electron chi connectivity index (χ0n) is 13.7. The van der Waals surface area contributed by atoms with Gasteiger partial charge in [-0.05, 0) is 23.8 Å². The Balaban J connectivity index is 1.99. The molecule has 1 aliphatic heterocycles. The average molecular weight is 304 g/mol. The molecule has 0 aromatic heterocycles. The van der Waals surface area contributed by atoms with Gasteiger partial charge in [-0.3, -0.25) is 4.79 Å². The second-order valence-electron chi connectivity index (χ2n) is 6.11. The summed E-state index contributed by atoms with van der Waals surface area (Å²) in [5.74, 6) is 1.25. The van der Waals surface area contributed by atoms with E-state index in [1.54, 1.807) is 7.11 Å². The summed E-state index contributed by atoms with van der Waals surface area (Å²) in [6.45, 7) is 4.28. The fourth-order valence-electron chi connectivity index (χ4n) is 3.40. The van der Waals surface area contributed by atoms with Gasteiger partial charge in [0.15, 0.2) is 0 Å². The highest BCUT2D eigenvalue weighted by Gasteiger charge is 2.31. The average Bonchev–Trinajstić information content (AvgIpc) is 2.59. The lowest BCUT2D eigenvalue weighted by Crippen LogP contribution is -2.44. The van der Waals surface area contributed by atoms with E-state index in [1.165, 1.54) is 5.56 Å². The van der Waals surface area contributed by atoms with Crippen molar-refractivity contribution >= 4 is 5.91 Å². The van der Waals surface area contributed by atoms with Gasteiger partial charge < -0.3 is 15.4 Å². The number of nitrogens with two attached hydrogens (primary N) is 1. The summed E-state index contributed by atoms with van der Waals surface area (Å²) < 4.78 is 5.23. The summed E-state index contributed by atoms with van der Waals surface area (Å²) in [6.07, 6.45) is 2.35. The number of benzene rings is 1. The van der Waals surface area contributed by atoms with E-state index in [4.69, 9.17) is 10.5 Å². The molecule has 1 aromatic carbocycles. The number of piperidine rings is 1. The van der Waals surface area contributed by atoms with Crippen LogP contribution in [0.5, 0.6) is 0 Å². The number of hydrogen-bond donors (Lipinski definition) is 1. The normalized spacial score (nSPS) is 23.3. The largest absolute Gasteiger partial charge is 0.380 e. The third-order valence-electron chi connectivity index (χ3n) is 4.84. The van der Waals surface area contributed by atoms with Gasteiger partial charge in [0.05, 0.1) is 12.5 Å². The van der Waals surface area contributed by atoms with E-state index in [9.17, 15) is 4.79 Å². The lowest BCUT2D eigenvalue weighted by atomic mass is 9.79. The zero-order chi connectivity index (χ0) is 15.9. The van der Waals surface area contributed by atoms with Crippen LogP contribution in [0, 0.1) is 5.92 Å². The Hall–Kier alpha value is -1.39. The van der Waals surface area contributed by atoms with E-state index in [2.05, 4.69) is 37.3 Å². The fraction of sp³-hybridized carbons (Fsp3) is 0.611. The molecule has 0 aliphatic carbocycles. The summed E-state index contributed by atoms with van der Waals surface area (Å²) in [5.41, 5.74) is 7.02. The molecule has 2 N–H and O–H groups in total. The van der Waals surface area contributed by atoms with Crippen LogP contribution >= 0.6 is 0 Å². The number of hydrogen-bond acceptors (Lipinski definition) is 3. The van der Waals surface area contributed by atoms with Crippen LogP contribution in [0.25, 0.3) is 0 Å². The molecule has 22 heavy (non-hydrogen) atoms. The van der Waals surface area contributed by atoms with Gasteiger partial charge in [0.1, 0.15) is 0 Å². The molecule has 3 unspecified atom stereocenters. The number of carbonyl (C=O) groups is 1. The number of amides is 1. The maximum absolute atomic E-state index is 12.4. The SMILES string of the molecule is CCC1CN(C(=O)CC(CN)OC)CCC1c1ccccc1. The van der Waals surface area contributed by atoms with Gasteiger partial charge in [0, 0.05) is 26.7 Å². The molecule has 2 rings (SSSR count). The van der Waals surface area contributed by atoms with Crippen LogP contribution in [0.15, 0.2) is 30.3 Å². The summed E-state index contributed by atoms with van der Waals surface area (Å²) in [4.78, 5) is 14.4. The molecule has 0 bridgehead atoms. The molecular formula is C18H28N2O2. The second-order valence-corrected chi connectivity index (χ2v) is 6.11. The van der Waals surface area contributed by atoms with Gasteiger partial charge in [0.2, 0.25) is 5.91 Å². The highest BCUT2D eigenvalue weighted by Crippen LogP contribution is 2.35. The summed E-state index contributed by atoms with van der Waals surface area (Å²) in [7, 11) is 1.61. The first-order valence-corrected chi connectivity index (χ1v) is 8.25. The molecule has 0 radical (unpaired) electrons. The van der Waals surface area contributed by atoms with Gasteiger partial charge >= 0.3 is 0 Å². The molecule has 122 valence electrons. The molecule has 0 spiro atoms. The van der Waals surface area contributed by atoms with E-state index in [1.807, 2.05) is 4.90 Å². The Bertz CT molecular complexity index is 459. The molecule has 1 heterocycles. The fourth-order valence-corrected chi connectivity index (χ4v) is 3.40. The van der Waals surface area contributed by atoms with Gasteiger partial charge in [-0.1, -0.05) is 43.7 Å². The number of methoxy groups -OCH3 is 1. The standard InChI is InChI=1S/C18H28N2O2/c1-3-14-13-20(18(21)11-16(12-19)22-2)10-9-17(14)15-7-5-4-6-8-15/h4-8,14,16-17H,3,9-13,19H2,1-2H3. The van der Waals surface area contributed by atoms with Crippen LogP contribution in [-0.4, -0.2) is 43.7 Å². The minimum absolute atomic E-state index is 0.167. The lowest BCUT2D eigenvalue weighted by Gasteiger charge is -2.39. The summed E-state index contributed by atoms with van der Waals surface area (Å²) in [6, 6.07) is 10.7. The first-order chi connectivity index (χ1) is 10.7. The Labute approximate surface area is 133 Å². The molecular weight excluding hydrogens is 276 g/mol. The predicted octanol–water partition coefficient (Wildman–Crippen LogP) is 2.39. The van der Waals surface area contributed by atoms with Crippen molar-refractivity contribution in [2.45, 2.75) is 38.2 Å². The van der Waals surface area contributed by atoms with Crippen molar-refractivity contribution in [1.82, 2.24) is 4.90 Å². The van der Waals surface area contributed by atoms with Crippen LogP contribution in [0.1, 0.15) is 37.7 Å². The van der Waals surface area contributed by atoms with Crippen molar-refractivity contribution in [3.63, 3.8) is 0 Å². The Kier molecular flexibility index (Phi) is 6.40. The number of ether oxygens (including phenoxy) is 1. The van der Waals surface area contributed by atoms with Gasteiger partial charge in [-0.15, -0.1) is 0 Å². The minimum atomic E-state index is -0.167. The van der Waals surface area contributed by atoms with E-state index >= 15 is 0 Å². The molecule has 1 amide bonds. The van der Waals surface area contributed by atoms with Crippen LogP contribution in [0.4, 0.5) is 0 Å². The number of carbonyl (C=O) groups excluding carboxylic acids is 1. The molecule has 1 saturated heterocycles. The van der Waals surface area contributed by atoms with Gasteiger partial charge in [-0.25, -0.2) is 0 Å². The minimum Gasteiger partial charge on any atom is -0.380 e. The van der Waals surface area contributed by atoms with Crippen LogP contribution in [0.3, 0.4) is 0 Å². The Morgan fingerprint density at radius 2 is 2.14 bits per heavy atom. The molecule has 1 fully saturated rings. The first-order valence-electron chi connectivity index (χ1n) is 8.25. The Morgan fingerprint density at radius 1 is 1.41 bits per heavy atom. The predicted molar refractivity (Wildman–Crippen MR) is 88.6 cm³/mol. The van der Waals surface area contributed by atoms with Gasteiger partial charge in [-0.2, -0.15) is 0 Å². The summed E-state index contributed by atoms with van der Waals surface area (Å²) >= 11 is 0. The van der Waals surface area contributed by atoms with Crippen molar-refractivity contribution in [2.24, 2.45) is 11.7 Å². The maximum Gasteiger partial charge on any atom is 0.225 e. The quantitative estimate of drug-likeness (QED) is 0.878. The van der Waals surface area contributed by atoms with E-state index < -0.39 is 0 Å². The molecule has 0 saturated carbocycles. The maximum atomic E-state index is 12.4. The van der Waals surface area contributed by atoms with Crippen LogP contribution in [-0.2, 0) is 9.53 Å². The number of likely N-dealkylation sites (tertiary alicyclic amines) is 1. The van der Waals surface area contributed by atoms with Gasteiger partial charge in [0.25, 0.3) is 0 Å². The molecule has 3 atom stereocenters. The van der Waals surface area contributed by atoms with E-state index in [-0.39, 0.29) is 12.0 Å². The van der Waals surface area contributed by atoms with Crippen LogP contribution < -0.4 is 5.73 Å². The third kappa shape index (κ3) is 4.08.